The highest BCUT2D eigenvalue weighted by atomic mass is 32.1. The topological polar surface area (TPSA) is 39.2 Å². The molecular weight excluding hydrogens is 246 g/mol. The second-order valence-electron chi connectivity index (χ2n) is 4.18. The molecule has 1 aromatic carbocycles. The van der Waals surface area contributed by atoms with Crippen LogP contribution in [0.2, 0.25) is 0 Å². The molecule has 0 bridgehead atoms. The molecule has 3 nitrogen and oxygen atoms in total. The Hall–Kier alpha value is -1.94. The molecule has 0 aliphatic rings. The van der Waals surface area contributed by atoms with Crippen molar-refractivity contribution < 1.29 is 9.53 Å². The van der Waals surface area contributed by atoms with Crippen molar-refractivity contribution in [1.29, 1.82) is 0 Å². The molecule has 0 aliphatic heterocycles. The molecule has 90 valence electrons. The lowest BCUT2D eigenvalue weighted by atomic mass is 10.1. The van der Waals surface area contributed by atoms with Gasteiger partial charge in [-0.15, -0.1) is 11.3 Å². The van der Waals surface area contributed by atoms with Crippen LogP contribution in [0.1, 0.15) is 15.2 Å². The minimum Gasteiger partial charge on any atom is -0.465 e. The lowest BCUT2D eigenvalue weighted by molar-refractivity contribution is 0.0606. The number of thiophene rings is 1. The Kier molecular flexibility index (Phi) is 2.52. The van der Waals surface area contributed by atoms with Gasteiger partial charge < -0.3 is 4.74 Å². The van der Waals surface area contributed by atoms with Gasteiger partial charge in [0.25, 0.3) is 0 Å². The Morgan fingerprint density at radius 3 is 2.83 bits per heavy atom. The van der Waals surface area contributed by atoms with Crippen LogP contribution in [-0.2, 0) is 4.74 Å². The Labute approximate surface area is 108 Å². The van der Waals surface area contributed by atoms with Crippen molar-refractivity contribution in [1.82, 2.24) is 4.98 Å². The van der Waals surface area contributed by atoms with E-state index in [0.717, 1.165) is 21.1 Å². The minimum atomic E-state index is -0.307. The fourth-order valence-corrected chi connectivity index (χ4v) is 2.88. The first kappa shape index (κ1) is 11.2. The summed E-state index contributed by atoms with van der Waals surface area (Å²) in [6.45, 7) is 2.04. The van der Waals surface area contributed by atoms with Crippen LogP contribution in [0, 0.1) is 6.92 Å². The largest absolute Gasteiger partial charge is 0.465 e. The first-order chi connectivity index (χ1) is 8.67. The number of carbonyl (C=O) groups is 1. The van der Waals surface area contributed by atoms with Crippen LogP contribution < -0.4 is 0 Å². The summed E-state index contributed by atoms with van der Waals surface area (Å²) in [6, 6.07) is 10.0. The van der Waals surface area contributed by atoms with Crippen molar-refractivity contribution in [2.75, 3.05) is 7.11 Å². The lowest BCUT2D eigenvalue weighted by Crippen LogP contribution is -1.96. The summed E-state index contributed by atoms with van der Waals surface area (Å²) in [5, 5.41) is 2.07. The zero-order valence-corrected chi connectivity index (χ0v) is 10.9. The summed E-state index contributed by atoms with van der Waals surface area (Å²) in [7, 11) is 1.39. The zero-order chi connectivity index (χ0) is 12.7. The third kappa shape index (κ3) is 1.75. The monoisotopic (exact) mass is 257 g/mol. The summed E-state index contributed by atoms with van der Waals surface area (Å²) in [4.78, 5) is 17.5. The van der Waals surface area contributed by atoms with Crippen LogP contribution >= 0.6 is 11.3 Å². The molecule has 0 saturated heterocycles. The van der Waals surface area contributed by atoms with E-state index in [0.29, 0.717) is 4.88 Å². The number of aryl methyl sites for hydroxylation is 1. The molecule has 0 fully saturated rings. The summed E-state index contributed by atoms with van der Waals surface area (Å²) in [5.74, 6) is -0.307. The first-order valence-electron chi connectivity index (χ1n) is 5.56. The first-order valence-corrected chi connectivity index (χ1v) is 6.38. The Balaban J connectivity index is 2.27. The number of hydrogen-bond donors (Lipinski definition) is 0. The molecule has 18 heavy (non-hydrogen) atoms. The molecule has 3 aromatic rings. The maximum absolute atomic E-state index is 11.5. The second-order valence-corrected chi connectivity index (χ2v) is 5.21. The van der Waals surface area contributed by atoms with Gasteiger partial charge in [-0.2, -0.15) is 0 Å². The van der Waals surface area contributed by atoms with Gasteiger partial charge in [-0.25, -0.2) is 9.78 Å². The van der Waals surface area contributed by atoms with Gasteiger partial charge in [0.15, 0.2) is 0 Å². The van der Waals surface area contributed by atoms with Gasteiger partial charge in [0.05, 0.1) is 12.6 Å². The second kappa shape index (κ2) is 4.07. The number of benzene rings is 1. The third-order valence-corrected chi connectivity index (χ3v) is 3.87. The summed E-state index contributed by atoms with van der Waals surface area (Å²) in [6.07, 6.45) is 0. The van der Waals surface area contributed by atoms with Crippen molar-refractivity contribution >= 4 is 38.4 Å². The number of fused-ring (bicyclic) bond motifs is 2. The van der Waals surface area contributed by atoms with E-state index in [4.69, 9.17) is 4.74 Å². The molecule has 0 aliphatic carbocycles. The number of carbonyl (C=O) groups excluding carboxylic acids is 1. The Morgan fingerprint density at radius 2 is 2.06 bits per heavy atom. The van der Waals surface area contributed by atoms with Crippen molar-refractivity contribution in [3.8, 4) is 0 Å². The molecule has 0 spiro atoms. The number of methoxy groups -OCH3 is 1. The van der Waals surface area contributed by atoms with Crippen molar-refractivity contribution in [2.45, 2.75) is 6.92 Å². The number of hydrogen-bond acceptors (Lipinski definition) is 4. The number of pyridine rings is 1. The van der Waals surface area contributed by atoms with E-state index in [1.165, 1.54) is 24.0 Å². The summed E-state index contributed by atoms with van der Waals surface area (Å²) >= 11 is 1.37. The minimum absolute atomic E-state index is 0.307. The highest BCUT2D eigenvalue weighted by molar-refractivity contribution is 7.20. The van der Waals surface area contributed by atoms with Gasteiger partial charge in [-0.3, -0.25) is 0 Å². The number of nitrogens with zero attached hydrogens (tertiary/aromatic N) is 1. The molecule has 2 heterocycles. The third-order valence-electron chi connectivity index (χ3n) is 2.85. The van der Waals surface area contributed by atoms with Gasteiger partial charge in [0, 0.05) is 10.8 Å². The van der Waals surface area contributed by atoms with E-state index in [2.05, 4.69) is 17.1 Å². The molecular formula is C14H11NO2S. The van der Waals surface area contributed by atoms with Gasteiger partial charge in [-0.05, 0) is 30.7 Å². The van der Waals surface area contributed by atoms with Crippen molar-refractivity contribution in [2.24, 2.45) is 0 Å². The number of ether oxygens (including phenoxy) is 1. The predicted molar refractivity (Wildman–Crippen MR) is 73.2 cm³/mol. The molecule has 2 aromatic heterocycles. The average molecular weight is 257 g/mol. The molecule has 0 unspecified atom stereocenters. The molecule has 3 rings (SSSR count). The maximum atomic E-state index is 11.5. The van der Waals surface area contributed by atoms with Crippen LogP contribution in [0.25, 0.3) is 21.1 Å². The molecule has 0 saturated carbocycles. The van der Waals surface area contributed by atoms with Gasteiger partial charge in [0.1, 0.15) is 9.71 Å². The SMILES string of the molecule is COC(=O)c1cc2cc3ccc(C)cc3nc2s1. The Morgan fingerprint density at radius 1 is 1.22 bits per heavy atom. The van der Waals surface area contributed by atoms with E-state index in [1.54, 1.807) is 0 Å². The molecule has 0 amide bonds. The maximum Gasteiger partial charge on any atom is 0.348 e. The zero-order valence-electron chi connectivity index (χ0n) is 10.1. The molecule has 0 radical (unpaired) electrons. The van der Waals surface area contributed by atoms with Gasteiger partial charge in [-0.1, -0.05) is 12.1 Å². The van der Waals surface area contributed by atoms with E-state index < -0.39 is 0 Å². The van der Waals surface area contributed by atoms with Crippen LogP contribution in [-0.4, -0.2) is 18.1 Å². The number of esters is 1. The van der Waals surface area contributed by atoms with Crippen molar-refractivity contribution in [3.05, 3.63) is 40.8 Å². The van der Waals surface area contributed by atoms with Crippen LogP contribution in [0.15, 0.2) is 30.3 Å². The number of aromatic nitrogens is 1. The normalized spacial score (nSPS) is 11.0. The fraction of sp³-hybridized carbons (Fsp3) is 0.143. The van der Waals surface area contributed by atoms with Crippen LogP contribution in [0.5, 0.6) is 0 Å². The molecule has 0 N–H and O–H groups in total. The molecule has 0 atom stereocenters. The predicted octanol–water partition coefficient (Wildman–Crippen LogP) is 3.54. The Bertz CT molecular complexity index is 761. The molecule has 4 heteroatoms. The quantitative estimate of drug-likeness (QED) is 0.626. The fourth-order valence-electron chi connectivity index (χ4n) is 1.94. The van der Waals surface area contributed by atoms with Crippen LogP contribution in [0.3, 0.4) is 0 Å². The van der Waals surface area contributed by atoms with Gasteiger partial charge >= 0.3 is 5.97 Å². The van der Waals surface area contributed by atoms with E-state index in [-0.39, 0.29) is 5.97 Å². The van der Waals surface area contributed by atoms with E-state index in [9.17, 15) is 4.79 Å². The lowest BCUT2D eigenvalue weighted by Gasteiger charge is -1.98. The number of rotatable bonds is 1. The smallest absolute Gasteiger partial charge is 0.348 e. The summed E-state index contributed by atoms with van der Waals surface area (Å²) in [5.41, 5.74) is 2.14. The highest BCUT2D eigenvalue weighted by Gasteiger charge is 2.11. The van der Waals surface area contributed by atoms with E-state index in [1.807, 2.05) is 25.1 Å². The van der Waals surface area contributed by atoms with Crippen molar-refractivity contribution in [3.63, 3.8) is 0 Å². The van der Waals surface area contributed by atoms with Gasteiger partial charge in [0.2, 0.25) is 0 Å². The average Bonchev–Trinajstić information content (AvgIpc) is 2.77. The highest BCUT2D eigenvalue weighted by Crippen LogP contribution is 2.28. The van der Waals surface area contributed by atoms with Crippen LogP contribution in [0.4, 0.5) is 0 Å². The standard InChI is InChI=1S/C14H11NO2S/c1-8-3-4-9-6-10-7-12(14(16)17-2)18-13(10)15-11(9)5-8/h3-7H,1-2H3. The summed E-state index contributed by atoms with van der Waals surface area (Å²) < 4.78 is 4.73. The van der Waals surface area contributed by atoms with E-state index >= 15 is 0 Å².